The fourth-order valence-electron chi connectivity index (χ4n) is 2.12. The number of benzene rings is 2. The highest BCUT2D eigenvalue weighted by Crippen LogP contribution is 2.12. The lowest BCUT2D eigenvalue weighted by Crippen LogP contribution is -2.24. The van der Waals surface area contributed by atoms with E-state index in [1.807, 2.05) is 43.3 Å². The topological polar surface area (TPSA) is 88.2 Å². The van der Waals surface area contributed by atoms with Gasteiger partial charge in [-0.3, -0.25) is 10.2 Å². The predicted octanol–water partition coefficient (Wildman–Crippen LogP) is 2.23. The minimum atomic E-state index is -0.0468. The maximum absolute atomic E-state index is 12.0. The third kappa shape index (κ3) is 5.14. The average Bonchev–Trinajstić information content (AvgIpc) is 2.55. The van der Waals surface area contributed by atoms with Crippen molar-refractivity contribution in [1.82, 2.24) is 5.32 Å². The molecule has 2 rings (SSSR count). The molecule has 5 nitrogen and oxygen atoms in total. The van der Waals surface area contributed by atoms with Gasteiger partial charge >= 0.3 is 0 Å². The van der Waals surface area contributed by atoms with Crippen molar-refractivity contribution in [2.24, 2.45) is 5.73 Å². The van der Waals surface area contributed by atoms with E-state index in [9.17, 15) is 4.79 Å². The summed E-state index contributed by atoms with van der Waals surface area (Å²) in [5.74, 6) is 0.805. The zero-order chi connectivity index (χ0) is 16.7. The van der Waals surface area contributed by atoms with Gasteiger partial charge in [-0.1, -0.05) is 36.4 Å². The normalized spacial score (nSPS) is 10.1. The molecular formula is C18H21N3O2. The minimum absolute atomic E-state index is 0.0245. The number of nitrogens with two attached hydrogens (primary N) is 1. The van der Waals surface area contributed by atoms with Crippen LogP contribution in [0.2, 0.25) is 0 Å². The Morgan fingerprint density at radius 1 is 1.09 bits per heavy atom. The zero-order valence-electron chi connectivity index (χ0n) is 13.1. The van der Waals surface area contributed by atoms with Gasteiger partial charge in [-0.05, 0) is 30.2 Å². The maximum atomic E-state index is 12.0. The fraction of sp³-hybridized carbons (Fsp3) is 0.222. The van der Waals surface area contributed by atoms with E-state index in [1.54, 1.807) is 12.1 Å². The first-order valence-electron chi connectivity index (χ1n) is 7.50. The quantitative estimate of drug-likeness (QED) is 0.541. The van der Waals surface area contributed by atoms with Gasteiger partial charge in [0.1, 0.15) is 11.6 Å². The molecule has 0 unspecified atom stereocenters. The van der Waals surface area contributed by atoms with Crippen molar-refractivity contribution in [2.75, 3.05) is 6.61 Å². The van der Waals surface area contributed by atoms with Crippen LogP contribution < -0.4 is 15.8 Å². The van der Waals surface area contributed by atoms with Crippen LogP contribution in [0.3, 0.4) is 0 Å². The molecule has 2 aromatic carbocycles. The summed E-state index contributed by atoms with van der Waals surface area (Å²) in [6, 6.07) is 14.8. The summed E-state index contributed by atoms with van der Waals surface area (Å²) in [6.45, 7) is 3.06. The van der Waals surface area contributed by atoms with Crippen molar-refractivity contribution in [3.05, 3.63) is 65.2 Å². The van der Waals surface area contributed by atoms with E-state index in [-0.39, 0.29) is 11.7 Å². The smallest absolute Gasteiger partial charge is 0.224 e. The number of rotatable bonds is 7. The van der Waals surface area contributed by atoms with Gasteiger partial charge < -0.3 is 15.8 Å². The van der Waals surface area contributed by atoms with E-state index in [2.05, 4.69) is 5.32 Å². The lowest BCUT2D eigenvalue weighted by molar-refractivity contribution is -0.120. The highest BCUT2D eigenvalue weighted by Gasteiger charge is 2.04. The van der Waals surface area contributed by atoms with E-state index in [1.165, 1.54) is 0 Å². The van der Waals surface area contributed by atoms with Crippen LogP contribution in [0.15, 0.2) is 48.5 Å². The molecule has 0 fully saturated rings. The van der Waals surface area contributed by atoms with E-state index in [4.69, 9.17) is 15.9 Å². The summed E-state index contributed by atoms with van der Waals surface area (Å²) in [5.41, 5.74) is 7.97. The molecule has 1 amide bonds. The molecule has 0 atom stereocenters. The van der Waals surface area contributed by atoms with E-state index >= 15 is 0 Å². The molecule has 0 aliphatic rings. The molecule has 120 valence electrons. The number of nitrogens with one attached hydrogen (secondary N) is 2. The third-order valence-corrected chi connectivity index (χ3v) is 3.35. The second-order valence-corrected chi connectivity index (χ2v) is 5.14. The number of hydrogen-bond acceptors (Lipinski definition) is 3. The molecule has 0 bridgehead atoms. The molecular weight excluding hydrogens is 290 g/mol. The van der Waals surface area contributed by atoms with E-state index in [0.29, 0.717) is 25.1 Å². The number of carbonyl (C=O) groups excluding carboxylic acids is 1. The first-order chi connectivity index (χ1) is 11.1. The van der Waals surface area contributed by atoms with Gasteiger partial charge in [-0.15, -0.1) is 0 Å². The summed E-state index contributed by atoms with van der Waals surface area (Å²) in [6.07, 6.45) is 0.301. The highest BCUT2D eigenvalue weighted by molar-refractivity contribution is 5.95. The van der Waals surface area contributed by atoms with Crippen LogP contribution in [0, 0.1) is 5.41 Å². The van der Waals surface area contributed by atoms with Crippen LogP contribution in [0.5, 0.6) is 5.75 Å². The molecule has 2 aromatic rings. The van der Waals surface area contributed by atoms with Crippen LogP contribution in [0.4, 0.5) is 0 Å². The zero-order valence-corrected chi connectivity index (χ0v) is 13.1. The Morgan fingerprint density at radius 2 is 1.70 bits per heavy atom. The second-order valence-electron chi connectivity index (χ2n) is 5.14. The molecule has 4 N–H and O–H groups in total. The Morgan fingerprint density at radius 3 is 2.26 bits per heavy atom. The van der Waals surface area contributed by atoms with Crippen molar-refractivity contribution in [3.8, 4) is 5.75 Å². The van der Waals surface area contributed by atoms with Crippen LogP contribution >= 0.6 is 0 Å². The molecule has 0 spiro atoms. The number of amidine groups is 1. The van der Waals surface area contributed by atoms with Gasteiger partial charge in [-0.2, -0.15) is 0 Å². The first-order valence-corrected chi connectivity index (χ1v) is 7.50. The molecule has 0 aromatic heterocycles. The van der Waals surface area contributed by atoms with Gasteiger partial charge in [0, 0.05) is 12.1 Å². The predicted molar refractivity (Wildman–Crippen MR) is 90.6 cm³/mol. The Labute approximate surface area is 136 Å². The summed E-state index contributed by atoms with van der Waals surface area (Å²) in [7, 11) is 0. The monoisotopic (exact) mass is 311 g/mol. The highest BCUT2D eigenvalue weighted by atomic mass is 16.5. The van der Waals surface area contributed by atoms with Gasteiger partial charge in [0.05, 0.1) is 13.0 Å². The lowest BCUT2D eigenvalue weighted by atomic mass is 10.1. The Bertz CT molecular complexity index is 664. The van der Waals surface area contributed by atoms with Crippen molar-refractivity contribution in [3.63, 3.8) is 0 Å². The van der Waals surface area contributed by atoms with Crippen LogP contribution in [-0.4, -0.2) is 18.3 Å². The van der Waals surface area contributed by atoms with Crippen molar-refractivity contribution in [1.29, 1.82) is 5.41 Å². The number of ether oxygens (including phenoxy) is 1. The Kier molecular flexibility index (Phi) is 5.74. The number of nitrogen functional groups attached to an aromatic ring is 1. The molecule has 5 heteroatoms. The molecule has 0 saturated heterocycles. The second kappa shape index (κ2) is 7.98. The van der Waals surface area contributed by atoms with Gasteiger partial charge in [0.2, 0.25) is 5.91 Å². The number of hydrogen-bond donors (Lipinski definition) is 3. The fourth-order valence-corrected chi connectivity index (χ4v) is 2.12. The number of carbonyl (C=O) groups is 1. The number of amides is 1. The summed E-state index contributed by atoms with van der Waals surface area (Å²) in [4.78, 5) is 12.0. The Balaban J connectivity index is 1.83. The molecule has 0 saturated carbocycles. The lowest BCUT2D eigenvalue weighted by Gasteiger charge is -2.07. The molecule has 0 radical (unpaired) electrons. The minimum Gasteiger partial charge on any atom is -0.494 e. The largest absolute Gasteiger partial charge is 0.494 e. The van der Waals surface area contributed by atoms with Gasteiger partial charge in [0.15, 0.2) is 0 Å². The standard InChI is InChI=1S/C18H21N3O2/c1-2-23-16-9-5-14(6-10-16)12-21-17(22)11-13-3-7-15(8-4-13)18(19)20/h3-10H,2,11-12H2,1H3,(H3,19,20)(H,21,22). The SMILES string of the molecule is CCOc1ccc(CNC(=O)Cc2ccc(C(=N)N)cc2)cc1. The maximum Gasteiger partial charge on any atom is 0.224 e. The Hall–Kier alpha value is -2.82. The first kappa shape index (κ1) is 16.5. The van der Waals surface area contributed by atoms with Crippen LogP contribution in [0.25, 0.3) is 0 Å². The summed E-state index contributed by atoms with van der Waals surface area (Å²) >= 11 is 0. The van der Waals surface area contributed by atoms with E-state index in [0.717, 1.165) is 16.9 Å². The average molecular weight is 311 g/mol. The molecule has 0 aliphatic carbocycles. The molecule has 23 heavy (non-hydrogen) atoms. The van der Waals surface area contributed by atoms with Crippen LogP contribution in [-0.2, 0) is 17.8 Å². The summed E-state index contributed by atoms with van der Waals surface area (Å²) in [5, 5.41) is 10.2. The molecule has 0 aliphatic heterocycles. The molecule has 0 heterocycles. The van der Waals surface area contributed by atoms with Crippen molar-refractivity contribution >= 4 is 11.7 Å². The third-order valence-electron chi connectivity index (χ3n) is 3.35. The van der Waals surface area contributed by atoms with E-state index < -0.39 is 0 Å². The van der Waals surface area contributed by atoms with Crippen molar-refractivity contribution in [2.45, 2.75) is 19.9 Å². The van der Waals surface area contributed by atoms with Crippen molar-refractivity contribution < 1.29 is 9.53 Å². The van der Waals surface area contributed by atoms with Crippen LogP contribution in [0.1, 0.15) is 23.6 Å². The van der Waals surface area contributed by atoms with Gasteiger partial charge in [0.25, 0.3) is 0 Å². The van der Waals surface area contributed by atoms with Gasteiger partial charge in [-0.25, -0.2) is 0 Å². The summed E-state index contributed by atoms with van der Waals surface area (Å²) < 4.78 is 5.38.